The SMILES string of the molecule is CCN(CC1CC1)c1ccc([C@@H](C)O)nc1. The maximum Gasteiger partial charge on any atom is 0.0931 e. The van der Waals surface area contributed by atoms with Crippen LogP contribution < -0.4 is 4.90 Å². The summed E-state index contributed by atoms with van der Waals surface area (Å²) in [6, 6.07) is 3.97. The van der Waals surface area contributed by atoms with Crippen molar-refractivity contribution >= 4 is 5.69 Å². The topological polar surface area (TPSA) is 36.4 Å². The molecule has 88 valence electrons. The second-order valence-corrected chi connectivity index (χ2v) is 4.60. The lowest BCUT2D eigenvalue weighted by Gasteiger charge is -2.22. The van der Waals surface area contributed by atoms with Gasteiger partial charge in [0, 0.05) is 13.1 Å². The minimum atomic E-state index is -0.479. The second kappa shape index (κ2) is 4.83. The van der Waals surface area contributed by atoms with Crippen molar-refractivity contribution in [3.63, 3.8) is 0 Å². The number of aromatic nitrogens is 1. The van der Waals surface area contributed by atoms with E-state index < -0.39 is 6.10 Å². The summed E-state index contributed by atoms with van der Waals surface area (Å²) in [6.45, 7) is 6.08. The fourth-order valence-electron chi connectivity index (χ4n) is 1.86. The number of hydrogen-bond acceptors (Lipinski definition) is 3. The molecule has 0 amide bonds. The van der Waals surface area contributed by atoms with Crippen molar-refractivity contribution in [1.82, 2.24) is 4.98 Å². The number of pyridine rings is 1. The third kappa shape index (κ3) is 2.73. The molecule has 1 fully saturated rings. The van der Waals surface area contributed by atoms with Crippen molar-refractivity contribution in [2.45, 2.75) is 32.8 Å². The summed E-state index contributed by atoms with van der Waals surface area (Å²) in [5.41, 5.74) is 1.91. The monoisotopic (exact) mass is 220 g/mol. The summed E-state index contributed by atoms with van der Waals surface area (Å²) in [4.78, 5) is 6.64. The van der Waals surface area contributed by atoms with Gasteiger partial charge in [0.1, 0.15) is 0 Å². The molecule has 1 heterocycles. The fraction of sp³-hybridized carbons (Fsp3) is 0.615. The number of rotatable bonds is 5. The van der Waals surface area contributed by atoms with Crippen LogP contribution in [0.5, 0.6) is 0 Å². The Hall–Kier alpha value is -1.09. The largest absolute Gasteiger partial charge is 0.387 e. The molecule has 2 rings (SSSR count). The predicted molar refractivity (Wildman–Crippen MR) is 65.5 cm³/mol. The van der Waals surface area contributed by atoms with E-state index in [0.29, 0.717) is 0 Å². The Labute approximate surface area is 97.1 Å². The number of aliphatic hydroxyl groups is 1. The first kappa shape index (κ1) is 11.4. The van der Waals surface area contributed by atoms with E-state index in [-0.39, 0.29) is 0 Å². The summed E-state index contributed by atoms with van der Waals surface area (Å²) in [7, 11) is 0. The predicted octanol–water partition coefficient (Wildman–Crippen LogP) is 2.37. The molecular formula is C13H20N2O. The quantitative estimate of drug-likeness (QED) is 0.827. The van der Waals surface area contributed by atoms with Crippen molar-refractivity contribution in [2.24, 2.45) is 5.92 Å². The van der Waals surface area contributed by atoms with Crippen LogP contribution in [-0.4, -0.2) is 23.2 Å². The minimum Gasteiger partial charge on any atom is -0.387 e. The number of nitrogens with zero attached hydrogens (tertiary/aromatic N) is 2. The molecule has 1 N–H and O–H groups in total. The van der Waals surface area contributed by atoms with Gasteiger partial charge in [-0.25, -0.2) is 0 Å². The molecule has 0 bridgehead atoms. The Morgan fingerprint density at radius 3 is 2.69 bits per heavy atom. The van der Waals surface area contributed by atoms with Crippen LogP contribution in [0.25, 0.3) is 0 Å². The van der Waals surface area contributed by atoms with E-state index in [9.17, 15) is 5.11 Å². The van der Waals surface area contributed by atoms with E-state index in [1.807, 2.05) is 12.3 Å². The first-order chi connectivity index (χ1) is 7.70. The summed E-state index contributed by atoms with van der Waals surface area (Å²) < 4.78 is 0. The lowest BCUT2D eigenvalue weighted by Crippen LogP contribution is -2.25. The van der Waals surface area contributed by atoms with Crippen LogP contribution in [0.2, 0.25) is 0 Å². The van der Waals surface area contributed by atoms with Crippen molar-refractivity contribution in [1.29, 1.82) is 0 Å². The maximum atomic E-state index is 9.39. The number of anilines is 1. The summed E-state index contributed by atoms with van der Waals surface area (Å²) in [5.74, 6) is 0.886. The highest BCUT2D eigenvalue weighted by atomic mass is 16.3. The molecule has 1 aliphatic rings. The molecule has 3 heteroatoms. The fourth-order valence-corrected chi connectivity index (χ4v) is 1.86. The molecule has 3 nitrogen and oxygen atoms in total. The average molecular weight is 220 g/mol. The van der Waals surface area contributed by atoms with Gasteiger partial charge in [0.05, 0.1) is 23.7 Å². The van der Waals surface area contributed by atoms with E-state index in [4.69, 9.17) is 0 Å². The van der Waals surface area contributed by atoms with Crippen molar-refractivity contribution in [3.8, 4) is 0 Å². The number of hydrogen-bond donors (Lipinski definition) is 1. The minimum absolute atomic E-state index is 0.479. The standard InChI is InChI=1S/C13H20N2O/c1-3-15(9-11-4-5-11)12-6-7-13(10(2)16)14-8-12/h6-8,10-11,16H,3-5,9H2,1-2H3/t10-/m1/s1. The Bertz CT molecular complexity index is 330. The van der Waals surface area contributed by atoms with Crippen molar-refractivity contribution in [2.75, 3.05) is 18.0 Å². The second-order valence-electron chi connectivity index (χ2n) is 4.60. The molecule has 0 radical (unpaired) electrons. The first-order valence-corrected chi connectivity index (χ1v) is 6.09. The summed E-state index contributed by atoms with van der Waals surface area (Å²) in [5, 5.41) is 9.39. The molecule has 0 aliphatic heterocycles. The van der Waals surface area contributed by atoms with Crippen LogP contribution in [-0.2, 0) is 0 Å². The molecular weight excluding hydrogens is 200 g/mol. The smallest absolute Gasteiger partial charge is 0.0931 e. The maximum absolute atomic E-state index is 9.39. The van der Waals surface area contributed by atoms with Gasteiger partial charge in [-0.3, -0.25) is 4.98 Å². The number of aliphatic hydroxyl groups excluding tert-OH is 1. The Balaban J connectivity index is 2.05. The normalized spacial score (nSPS) is 17.2. The van der Waals surface area contributed by atoms with Crippen molar-refractivity contribution in [3.05, 3.63) is 24.0 Å². The molecule has 1 aromatic heterocycles. The summed E-state index contributed by atoms with van der Waals surface area (Å²) in [6.07, 6.45) is 4.13. The zero-order chi connectivity index (χ0) is 11.5. The molecule has 16 heavy (non-hydrogen) atoms. The molecule has 1 aliphatic carbocycles. The van der Waals surface area contributed by atoms with Crippen molar-refractivity contribution < 1.29 is 5.11 Å². The van der Waals surface area contributed by atoms with Crippen LogP contribution >= 0.6 is 0 Å². The first-order valence-electron chi connectivity index (χ1n) is 6.09. The Morgan fingerprint density at radius 2 is 2.25 bits per heavy atom. The van der Waals surface area contributed by atoms with E-state index in [0.717, 1.165) is 24.7 Å². The van der Waals surface area contributed by atoms with Gasteiger partial charge >= 0.3 is 0 Å². The van der Waals surface area contributed by atoms with E-state index >= 15 is 0 Å². The molecule has 1 atom stereocenters. The van der Waals surface area contributed by atoms with Gasteiger partial charge in [0.15, 0.2) is 0 Å². The summed E-state index contributed by atoms with van der Waals surface area (Å²) >= 11 is 0. The van der Waals surface area contributed by atoms with Gasteiger partial charge in [-0.1, -0.05) is 0 Å². The van der Waals surface area contributed by atoms with Crippen LogP contribution in [0.1, 0.15) is 38.5 Å². The average Bonchev–Trinajstić information content (AvgIpc) is 3.10. The zero-order valence-electron chi connectivity index (χ0n) is 10.1. The lowest BCUT2D eigenvalue weighted by atomic mass is 10.2. The Kier molecular flexibility index (Phi) is 3.44. The lowest BCUT2D eigenvalue weighted by molar-refractivity contribution is 0.194. The Morgan fingerprint density at radius 1 is 1.50 bits per heavy atom. The van der Waals surface area contributed by atoms with Gasteiger partial charge in [0.25, 0.3) is 0 Å². The van der Waals surface area contributed by atoms with Gasteiger partial charge < -0.3 is 10.0 Å². The highest BCUT2D eigenvalue weighted by Gasteiger charge is 2.23. The van der Waals surface area contributed by atoms with Gasteiger partial charge in [-0.15, -0.1) is 0 Å². The van der Waals surface area contributed by atoms with Crippen LogP contribution in [0, 0.1) is 5.92 Å². The van der Waals surface area contributed by atoms with Gasteiger partial charge in [-0.2, -0.15) is 0 Å². The highest BCUT2D eigenvalue weighted by Crippen LogP contribution is 2.31. The van der Waals surface area contributed by atoms with Crippen LogP contribution in [0.15, 0.2) is 18.3 Å². The molecule has 0 spiro atoms. The highest BCUT2D eigenvalue weighted by molar-refractivity contribution is 5.44. The van der Waals surface area contributed by atoms with E-state index in [1.165, 1.54) is 18.5 Å². The van der Waals surface area contributed by atoms with E-state index in [2.05, 4.69) is 22.9 Å². The molecule has 1 aromatic rings. The zero-order valence-corrected chi connectivity index (χ0v) is 10.1. The third-order valence-electron chi connectivity index (χ3n) is 3.12. The third-order valence-corrected chi connectivity index (χ3v) is 3.12. The molecule has 0 aromatic carbocycles. The molecule has 0 unspecified atom stereocenters. The van der Waals surface area contributed by atoms with E-state index in [1.54, 1.807) is 6.92 Å². The van der Waals surface area contributed by atoms with Crippen LogP contribution in [0.4, 0.5) is 5.69 Å². The molecule has 0 saturated heterocycles. The van der Waals surface area contributed by atoms with Gasteiger partial charge in [0.2, 0.25) is 0 Å². The van der Waals surface area contributed by atoms with Gasteiger partial charge in [-0.05, 0) is 44.7 Å². The molecule has 1 saturated carbocycles. The van der Waals surface area contributed by atoms with Crippen LogP contribution in [0.3, 0.4) is 0 Å².